The minimum atomic E-state index is 0.228. The Hall–Kier alpha value is -0.120. The highest BCUT2D eigenvalue weighted by atomic mass is 15.3. The Labute approximate surface area is 125 Å². The molecule has 0 aromatic rings. The minimum Gasteiger partial charge on any atom is -0.329 e. The van der Waals surface area contributed by atoms with Crippen molar-refractivity contribution in [1.29, 1.82) is 0 Å². The van der Waals surface area contributed by atoms with Crippen molar-refractivity contribution in [2.24, 2.45) is 17.1 Å². The van der Waals surface area contributed by atoms with Crippen LogP contribution in [0.4, 0.5) is 0 Å². The van der Waals surface area contributed by atoms with Crippen LogP contribution in [-0.2, 0) is 0 Å². The molecule has 0 spiro atoms. The Morgan fingerprint density at radius 2 is 1.85 bits per heavy atom. The number of rotatable bonds is 2. The highest BCUT2D eigenvalue weighted by Gasteiger charge is 2.47. The molecule has 0 aromatic heterocycles. The molecule has 2 fully saturated rings. The van der Waals surface area contributed by atoms with Crippen LogP contribution in [0.1, 0.15) is 53.4 Å². The highest BCUT2D eigenvalue weighted by Crippen LogP contribution is 2.47. The van der Waals surface area contributed by atoms with Crippen molar-refractivity contribution in [3.8, 4) is 0 Å². The van der Waals surface area contributed by atoms with Crippen LogP contribution in [0.2, 0.25) is 0 Å². The van der Waals surface area contributed by atoms with E-state index in [-0.39, 0.29) is 5.54 Å². The van der Waals surface area contributed by atoms with Crippen molar-refractivity contribution in [1.82, 2.24) is 9.80 Å². The predicted octanol–water partition coefficient (Wildman–Crippen LogP) is 2.56. The Kier molecular flexibility index (Phi) is 4.83. The van der Waals surface area contributed by atoms with Crippen LogP contribution in [0.15, 0.2) is 0 Å². The van der Waals surface area contributed by atoms with Crippen molar-refractivity contribution in [2.75, 3.05) is 33.2 Å². The van der Waals surface area contributed by atoms with Gasteiger partial charge in [0.15, 0.2) is 0 Å². The Morgan fingerprint density at radius 1 is 1.15 bits per heavy atom. The lowest BCUT2D eigenvalue weighted by atomic mass is 9.63. The number of hydrogen-bond donors (Lipinski definition) is 1. The highest BCUT2D eigenvalue weighted by molar-refractivity contribution is 5.03. The smallest absolute Gasteiger partial charge is 0.0342 e. The third kappa shape index (κ3) is 3.37. The van der Waals surface area contributed by atoms with Crippen molar-refractivity contribution in [2.45, 2.75) is 65.0 Å². The van der Waals surface area contributed by atoms with Gasteiger partial charge in [0, 0.05) is 31.2 Å². The van der Waals surface area contributed by atoms with E-state index in [9.17, 15) is 0 Å². The summed E-state index contributed by atoms with van der Waals surface area (Å²) in [7, 11) is 2.25. The van der Waals surface area contributed by atoms with E-state index in [4.69, 9.17) is 5.73 Å². The van der Waals surface area contributed by atoms with Gasteiger partial charge in [-0.25, -0.2) is 0 Å². The summed E-state index contributed by atoms with van der Waals surface area (Å²) < 4.78 is 0. The maximum atomic E-state index is 6.35. The maximum absolute atomic E-state index is 6.35. The molecule has 3 unspecified atom stereocenters. The number of hydrogen-bond acceptors (Lipinski definition) is 3. The molecule has 0 radical (unpaired) electrons. The van der Waals surface area contributed by atoms with E-state index in [1.807, 2.05) is 0 Å². The van der Waals surface area contributed by atoms with Crippen LogP contribution in [0.3, 0.4) is 0 Å². The van der Waals surface area contributed by atoms with Crippen molar-refractivity contribution in [3.05, 3.63) is 0 Å². The molecule has 3 atom stereocenters. The average Bonchev–Trinajstić information content (AvgIpc) is 2.47. The lowest BCUT2D eigenvalue weighted by Crippen LogP contribution is -2.62. The molecule has 1 aliphatic heterocycles. The summed E-state index contributed by atoms with van der Waals surface area (Å²) in [5, 5.41) is 0. The molecule has 0 amide bonds. The number of nitrogens with zero attached hydrogens (tertiary/aromatic N) is 2. The summed E-state index contributed by atoms with van der Waals surface area (Å²) in [6.45, 7) is 14.1. The molecule has 3 heteroatoms. The van der Waals surface area contributed by atoms with Crippen LogP contribution in [0.25, 0.3) is 0 Å². The topological polar surface area (TPSA) is 32.5 Å². The molecule has 1 saturated heterocycles. The van der Waals surface area contributed by atoms with Crippen molar-refractivity contribution < 1.29 is 0 Å². The largest absolute Gasteiger partial charge is 0.329 e. The zero-order valence-corrected chi connectivity index (χ0v) is 14.3. The number of nitrogens with two attached hydrogens (primary N) is 1. The van der Waals surface area contributed by atoms with Gasteiger partial charge in [0.25, 0.3) is 0 Å². The molecule has 0 bridgehead atoms. The van der Waals surface area contributed by atoms with Crippen molar-refractivity contribution in [3.63, 3.8) is 0 Å². The van der Waals surface area contributed by atoms with E-state index in [1.54, 1.807) is 0 Å². The molecule has 0 aromatic carbocycles. The van der Waals surface area contributed by atoms with E-state index in [0.717, 1.165) is 12.5 Å². The first kappa shape index (κ1) is 16.3. The molecule has 2 aliphatic rings. The minimum absolute atomic E-state index is 0.228. The SMILES string of the molecule is CC1CC(C)(C)CC(CN)(N2CCCN(C)CC2C)C1. The molecule has 1 saturated carbocycles. The van der Waals surface area contributed by atoms with Gasteiger partial charge in [-0.3, -0.25) is 4.90 Å². The quantitative estimate of drug-likeness (QED) is 0.844. The second-order valence-electron chi connectivity index (χ2n) is 8.44. The normalized spacial score (nSPS) is 40.5. The fourth-order valence-corrected chi connectivity index (χ4v) is 5.27. The molecule has 1 heterocycles. The number of likely N-dealkylation sites (N-methyl/N-ethyl adjacent to an activating group) is 1. The molecular formula is C17H35N3. The summed E-state index contributed by atoms with van der Waals surface area (Å²) in [6.07, 6.45) is 5.16. The summed E-state index contributed by atoms with van der Waals surface area (Å²) in [5.74, 6) is 0.787. The van der Waals surface area contributed by atoms with E-state index in [0.29, 0.717) is 11.5 Å². The molecule has 2 N–H and O–H groups in total. The van der Waals surface area contributed by atoms with Gasteiger partial charge in [0.2, 0.25) is 0 Å². The maximum Gasteiger partial charge on any atom is 0.0342 e. The van der Waals surface area contributed by atoms with E-state index in [2.05, 4.69) is 44.5 Å². The van der Waals surface area contributed by atoms with Gasteiger partial charge in [-0.15, -0.1) is 0 Å². The van der Waals surface area contributed by atoms with E-state index >= 15 is 0 Å². The van der Waals surface area contributed by atoms with Crippen LogP contribution in [-0.4, -0.2) is 54.6 Å². The van der Waals surface area contributed by atoms with Gasteiger partial charge < -0.3 is 10.6 Å². The third-order valence-corrected chi connectivity index (χ3v) is 5.47. The monoisotopic (exact) mass is 281 g/mol. The standard InChI is InChI=1S/C17H35N3/c1-14-9-16(3,4)12-17(10-14,13-18)20-8-6-7-19(5)11-15(20)2/h14-15H,6-13,18H2,1-5H3. The first-order chi connectivity index (χ1) is 9.28. The average molecular weight is 281 g/mol. The lowest BCUT2D eigenvalue weighted by Gasteiger charge is -2.54. The van der Waals surface area contributed by atoms with E-state index < -0.39 is 0 Å². The van der Waals surface area contributed by atoms with Gasteiger partial charge in [-0.2, -0.15) is 0 Å². The summed E-state index contributed by atoms with van der Waals surface area (Å²) in [4.78, 5) is 5.25. The predicted molar refractivity (Wildman–Crippen MR) is 86.9 cm³/mol. The molecule has 3 nitrogen and oxygen atoms in total. The van der Waals surface area contributed by atoms with Crippen LogP contribution >= 0.6 is 0 Å². The van der Waals surface area contributed by atoms with Crippen molar-refractivity contribution >= 4 is 0 Å². The van der Waals surface area contributed by atoms with Crippen LogP contribution in [0, 0.1) is 11.3 Å². The first-order valence-corrected chi connectivity index (χ1v) is 8.43. The second-order valence-corrected chi connectivity index (χ2v) is 8.44. The second kappa shape index (κ2) is 5.94. The molecule has 20 heavy (non-hydrogen) atoms. The molecule has 2 rings (SSSR count). The zero-order chi connectivity index (χ0) is 15.0. The zero-order valence-electron chi connectivity index (χ0n) is 14.3. The molecule has 1 aliphatic carbocycles. The van der Waals surface area contributed by atoms with Crippen LogP contribution < -0.4 is 5.73 Å². The molecular weight excluding hydrogens is 246 g/mol. The van der Waals surface area contributed by atoms with Gasteiger partial charge >= 0.3 is 0 Å². The first-order valence-electron chi connectivity index (χ1n) is 8.43. The molecule has 118 valence electrons. The lowest BCUT2D eigenvalue weighted by molar-refractivity contribution is -0.0305. The fraction of sp³-hybridized carbons (Fsp3) is 1.00. The summed E-state index contributed by atoms with van der Waals surface area (Å²) in [5.41, 5.74) is 7.00. The Bertz CT molecular complexity index is 328. The van der Waals surface area contributed by atoms with E-state index in [1.165, 1.54) is 45.3 Å². The van der Waals surface area contributed by atoms with Gasteiger partial charge in [0.05, 0.1) is 0 Å². The Balaban J connectivity index is 2.24. The fourth-order valence-electron chi connectivity index (χ4n) is 5.27. The summed E-state index contributed by atoms with van der Waals surface area (Å²) in [6, 6.07) is 0.618. The third-order valence-electron chi connectivity index (χ3n) is 5.47. The summed E-state index contributed by atoms with van der Waals surface area (Å²) >= 11 is 0. The van der Waals surface area contributed by atoms with Gasteiger partial charge in [0.1, 0.15) is 0 Å². The van der Waals surface area contributed by atoms with Gasteiger partial charge in [-0.1, -0.05) is 20.8 Å². The Morgan fingerprint density at radius 3 is 2.45 bits per heavy atom. The van der Waals surface area contributed by atoms with Crippen LogP contribution in [0.5, 0.6) is 0 Å². The van der Waals surface area contributed by atoms with Gasteiger partial charge in [-0.05, 0) is 57.5 Å².